The Kier molecular flexibility index (Phi) is 3.94. The summed E-state index contributed by atoms with van der Waals surface area (Å²) in [6, 6.07) is 21.6. The molecule has 4 aromatic rings. The van der Waals surface area contributed by atoms with Gasteiger partial charge in [0.05, 0.1) is 11.2 Å². The van der Waals surface area contributed by atoms with Crippen LogP contribution in [0.4, 0.5) is 4.39 Å². The molecule has 4 heteroatoms. The van der Waals surface area contributed by atoms with Crippen LogP contribution in [0.1, 0.15) is 5.56 Å². The van der Waals surface area contributed by atoms with Gasteiger partial charge in [0.2, 0.25) is 0 Å². The number of nitrogens with zero attached hydrogens (tertiary/aromatic N) is 1. The molecular weight excluding hydrogens is 337 g/mol. The summed E-state index contributed by atoms with van der Waals surface area (Å²) in [5.41, 5.74) is 3.46. The second kappa shape index (κ2) is 6.26. The zero-order valence-electron chi connectivity index (χ0n) is 13.3. The summed E-state index contributed by atoms with van der Waals surface area (Å²) in [6.45, 7) is 0.517. The molecule has 0 bridgehead atoms. The maximum Gasteiger partial charge on any atom is 0.149 e. The summed E-state index contributed by atoms with van der Waals surface area (Å²) >= 11 is 6.11. The van der Waals surface area contributed by atoms with E-state index in [4.69, 9.17) is 11.6 Å². The Morgan fingerprint density at radius 1 is 0.920 bits per heavy atom. The molecule has 0 aliphatic rings. The van der Waals surface area contributed by atoms with Crippen LogP contribution in [0.15, 0.2) is 72.8 Å². The summed E-state index contributed by atoms with van der Waals surface area (Å²) in [4.78, 5) is 0. The summed E-state index contributed by atoms with van der Waals surface area (Å²) < 4.78 is 15.2. The lowest BCUT2D eigenvalue weighted by Crippen LogP contribution is -2.01. The molecule has 0 atom stereocenters. The molecule has 0 spiro atoms. The number of aromatic hydroxyl groups is 1. The molecule has 0 aliphatic carbocycles. The van der Waals surface area contributed by atoms with Gasteiger partial charge in [-0.1, -0.05) is 54.1 Å². The van der Waals surface area contributed by atoms with Gasteiger partial charge in [-0.15, -0.1) is 0 Å². The van der Waals surface area contributed by atoms with E-state index in [2.05, 4.69) is 0 Å². The first kappa shape index (κ1) is 15.7. The van der Waals surface area contributed by atoms with Crippen molar-refractivity contribution in [2.45, 2.75) is 6.54 Å². The van der Waals surface area contributed by atoms with Crippen molar-refractivity contribution in [3.63, 3.8) is 0 Å². The van der Waals surface area contributed by atoms with Crippen LogP contribution in [-0.2, 0) is 6.54 Å². The minimum atomic E-state index is -0.265. The summed E-state index contributed by atoms with van der Waals surface area (Å²) in [5, 5.41) is 12.1. The van der Waals surface area contributed by atoms with E-state index in [-0.39, 0.29) is 11.6 Å². The van der Waals surface area contributed by atoms with Crippen LogP contribution in [0, 0.1) is 5.82 Å². The quantitative estimate of drug-likeness (QED) is 0.491. The molecule has 1 N–H and O–H groups in total. The third-order valence-electron chi connectivity index (χ3n) is 4.30. The van der Waals surface area contributed by atoms with Crippen LogP contribution >= 0.6 is 11.6 Å². The second-order valence-corrected chi connectivity index (χ2v) is 6.37. The van der Waals surface area contributed by atoms with Crippen LogP contribution in [0.25, 0.3) is 22.2 Å². The molecule has 0 fully saturated rings. The molecular formula is C21H15ClFNO. The van der Waals surface area contributed by atoms with Crippen LogP contribution in [0.3, 0.4) is 0 Å². The highest BCUT2D eigenvalue weighted by molar-refractivity contribution is 6.31. The Labute approximate surface area is 149 Å². The molecule has 25 heavy (non-hydrogen) atoms. The van der Waals surface area contributed by atoms with Crippen LogP contribution in [0.5, 0.6) is 5.75 Å². The fraction of sp³-hybridized carbons (Fsp3) is 0.0476. The smallest absolute Gasteiger partial charge is 0.149 e. The Balaban J connectivity index is 1.95. The molecule has 1 aromatic heterocycles. The standard InChI is InChI=1S/C21H15ClFNO/c22-16-8-11-19-18(12-16)21(25)20(15-4-2-1-3-5-15)24(19)13-14-6-9-17(23)10-7-14/h1-12,25H,13H2. The number of benzene rings is 3. The van der Waals surface area contributed by atoms with Gasteiger partial charge < -0.3 is 9.67 Å². The topological polar surface area (TPSA) is 25.2 Å². The molecule has 0 radical (unpaired) electrons. The lowest BCUT2D eigenvalue weighted by atomic mass is 10.1. The molecule has 2 nitrogen and oxygen atoms in total. The Morgan fingerprint density at radius 3 is 2.36 bits per heavy atom. The molecule has 0 saturated heterocycles. The summed E-state index contributed by atoms with van der Waals surface area (Å²) in [7, 11) is 0. The third-order valence-corrected chi connectivity index (χ3v) is 4.54. The van der Waals surface area contributed by atoms with E-state index in [0.717, 1.165) is 22.3 Å². The number of fused-ring (bicyclic) bond motifs is 1. The molecule has 0 amide bonds. The number of rotatable bonds is 3. The normalized spacial score (nSPS) is 11.1. The average molecular weight is 352 g/mol. The second-order valence-electron chi connectivity index (χ2n) is 5.94. The SMILES string of the molecule is Oc1c(-c2ccccc2)n(Cc2ccc(F)cc2)c2ccc(Cl)cc12. The first-order valence-corrected chi connectivity index (χ1v) is 8.32. The first-order chi connectivity index (χ1) is 12.1. The lowest BCUT2D eigenvalue weighted by Gasteiger charge is -2.11. The van der Waals surface area contributed by atoms with Gasteiger partial charge in [0, 0.05) is 22.5 Å². The van der Waals surface area contributed by atoms with Crippen molar-refractivity contribution in [2.24, 2.45) is 0 Å². The van der Waals surface area contributed by atoms with Crippen molar-refractivity contribution < 1.29 is 9.50 Å². The number of hydrogen-bond donors (Lipinski definition) is 1. The third kappa shape index (κ3) is 2.87. The maximum atomic E-state index is 13.2. The molecule has 0 saturated carbocycles. The molecule has 3 aromatic carbocycles. The lowest BCUT2D eigenvalue weighted by molar-refractivity contribution is 0.481. The van der Waals surface area contributed by atoms with E-state index in [0.29, 0.717) is 17.0 Å². The van der Waals surface area contributed by atoms with E-state index in [9.17, 15) is 9.50 Å². The van der Waals surface area contributed by atoms with E-state index < -0.39 is 0 Å². The number of hydrogen-bond acceptors (Lipinski definition) is 1. The monoisotopic (exact) mass is 351 g/mol. The van der Waals surface area contributed by atoms with E-state index in [1.54, 1.807) is 24.3 Å². The van der Waals surface area contributed by atoms with Gasteiger partial charge in [-0.25, -0.2) is 4.39 Å². The average Bonchev–Trinajstić information content (AvgIpc) is 2.89. The minimum absolute atomic E-state index is 0.200. The number of halogens is 2. The zero-order chi connectivity index (χ0) is 17.4. The summed E-state index contributed by atoms with van der Waals surface area (Å²) in [5.74, 6) is -0.0650. The van der Waals surface area contributed by atoms with Crippen LogP contribution in [0.2, 0.25) is 5.02 Å². The molecule has 0 unspecified atom stereocenters. The van der Waals surface area contributed by atoms with Crippen molar-refractivity contribution in [3.8, 4) is 17.0 Å². The highest BCUT2D eigenvalue weighted by atomic mass is 35.5. The Morgan fingerprint density at radius 2 is 1.64 bits per heavy atom. The first-order valence-electron chi connectivity index (χ1n) is 7.94. The minimum Gasteiger partial charge on any atom is -0.505 e. The van der Waals surface area contributed by atoms with Crippen molar-refractivity contribution in [2.75, 3.05) is 0 Å². The summed E-state index contributed by atoms with van der Waals surface area (Å²) in [6.07, 6.45) is 0. The van der Waals surface area contributed by atoms with Gasteiger partial charge in [-0.2, -0.15) is 0 Å². The predicted molar refractivity (Wildman–Crippen MR) is 99.6 cm³/mol. The van der Waals surface area contributed by atoms with Crippen molar-refractivity contribution >= 4 is 22.5 Å². The van der Waals surface area contributed by atoms with Crippen molar-refractivity contribution in [1.82, 2.24) is 4.57 Å². The highest BCUT2D eigenvalue weighted by Crippen LogP contribution is 2.40. The van der Waals surface area contributed by atoms with Crippen molar-refractivity contribution in [1.29, 1.82) is 0 Å². The van der Waals surface area contributed by atoms with E-state index >= 15 is 0 Å². The van der Waals surface area contributed by atoms with Gasteiger partial charge in [0.1, 0.15) is 11.6 Å². The molecule has 1 heterocycles. The van der Waals surface area contributed by atoms with Gasteiger partial charge >= 0.3 is 0 Å². The maximum absolute atomic E-state index is 13.2. The van der Waals surface area contributed by atoms with Gasteiger partial charge in [0.15, 0.2) is 0 Å². The predicted octanol–water partition coefficient (Wildman–Crippen LogP) is 5.85. The molecule has 124 valence electrons. The van der Waals surface area contributed by atoms with E-state index in [1.165, 1.54) is 12.1 Å². The molecule has 0 aliphatic heterocycles. The van der Waals surface area contributed by atoms with Gasteiger partial charge in [-0.05, 0) is 35.9 Å². The molecule has 4 rings (SSSR count). The van der Waals surface area contributed by atoms with Crippen LogP contribution < -0.4 is 0 Å². The Bertz CT molecular complexity index is 1040. The zero-order valence-corrected chi connectivity index (χ0v) is 14.0. The van der Waals surface area contributed by atoms with E-state index in [1.807, 2.05) is 41.0 Å². The van der Waals surface area contributed by atoms with Crippen LogP contribution in [-0.4, -0.2) is 9.67 Å². The highest BCUT2D eigenvalue weighted by Gasteiger charge is 2.18. The fourth-order valence-electron chi connectivity index (χ4n) is 3.13. The fourth-order valence-corrected chi connectivity index (χ4v) is 3.31. The van der Waals surface area contributed by atoms with Gasteiger partial charge in [0.25, 0.3) is 0 Å². The Hall–Kier alpha value is -2.78. The largest absolute Gasteiger partial charge is 0.505 e. The van der Waals surface area contributed by atoms with Crippen molar-refractivity contribution in [3.05, 3.63) is 89.2 Å². The van der Waals surface area contributed by atoms with Gasteiger partial charge in [-0.3, -0.25) is 0 Å². The number of aromatic nitrogens is 1.